The van der Waals surface area contributed by atoms with Crippen molar-refractivity contribution in [1.82, 2.24) is 4.90 Å². The van der Waals surface area contributed by atoms with Crippen molar-refractivity contribution in [2.24, 2.45) is 0 Å². The van der Waals surface area contributed by atoms with Crippen molar-refractivity contribution in [3.05, 3.63) is 64.2 Å². The molecule has 0 radical (unpaired) electrons. The second-order valence-corrected chi connectivity index (χ2v) is 6.31. The van der Waals surface area contributed by atoms with Gasteiger partial charge in [0.05, 0.1) is 13.2 Å². The molecule has 130 valence electrons. The third kappa shape index (κ3) is 4.18. The zero-order chi connectivity index (χ0) is 17.8. The summed E-state index contributed by atoms with van der Waals surface area (Å²) in [6, 6.07) is 12.1. The number of morpholine rings is 1. The highest BCUT2D eigenvalue weighted by Crippen LogP contribution is 2.18. The van der Waals surface area contributed by atoms with E-state index < -0.39 is 0 Å². The molecule has 1 heterocycles. The van der Waals surface area contributed by atoms with Crippen molar-refractivity contribution in [2.75, 3.05) is 31.6 Å². The number of carbonyl (C=O) groups is 2. The Morgan fingerprint density at radius 3 is 2.32 bits per heavy atom. The van der Waals surface area contributed by atoms with Gasteiger partial charge in [0.2, 0.25) is 0 Å². The number of rotatable bonds is 3. The Bertz CT molecular complexity index is 784. The molecule has 1 saturated heterocycles. The van der Waals surface area contributed by atoms with Crippen molar-refractivity contribution in [1.29, 1.82) is 0 Å². The van der Waals surface area contributed by atoms with Crippen LogP contribution in [0.2, 0.25) is 5.02 Å². The first kappa shape index (κ1) is 17.5. The maximum Gasteiger partial charge on any atom is 0.255 e. The number of aryl methyl sites for hydroxylation is 1. The van der Waals surface area contributed by atoms with Crippen LogP contribution in [0.4, 0.5) is 5.69 Å². The summed E-state index contributed by atoms with van der Waals surface area (Å²) in [5.74, 6) is -0.263. The molecule has 0 aliphatic carbocycles. The van der Waals surface area contributed by atoms with Crippen LogP contribution in [0.3, 0.4) is 0 Å². The lowest BCUT2D eigenvalue weighted by atomic mass is 10.1. The van der Waals surface area contributed by atoms with E-state index in [1.54, 1.807) is 47.4 Å². The van der Waals surface area contributed by atoms with Crippen LogP contribution in [0, 0.1) is 6.92 Å². The fraction of sp³-hybridized carbons (Fsp3) is 0.263. The van der Waals surface area contributed by atoms with Crippen molar-refractivity contribution in [3.8, 4) is 0 Å². The summed E-state index contributed by atoms with van der Waals surface area (Å²) >= 11 is 6.06. The Hall–Kier alpha value is -2.37. The quantitative estimate of drug-likeness (QED) is 0.915. The maximum atomic E-state index is 12.4. The number of carbonyl (C=O) groups excluding carboxylic acids is 2. The number of benzene rings is 2. The van der Waals surface area contributed by atoms with E-state index >= 15 is 0 Å². The van der Waals surface area contributed by atoms with Gasteiger partial charge in [-0.2, -0.15) is 0 Å². The predicted octanol–water partition coefficient (Wildman–Crippen LogP) is 3.37. The minimum absolute atomic E-state index is 0.0218. The van der Waals surface area contributed by atoms with Gasteiger partial charge in [-0.1, -0.05) is 17.7 Å². The first-order valence-electron chi connectivity index (χ1n) is 8.09. The molecule has 1 N–H and O–H groups in total. The van der Waals surface area contributed by atoms with E-state index in [1.165, 1.54) is 0 Å². The van der Waals surface area contributed by atoms with E-state index in [9.17, 15) is 9.59 Å². The predicted molar refractivity (Wildman–Crippen MR) is 97.3 cm³/mol. The lowest BCUT2D eigenvalue weighted by molar-refractivity contribution is 0.0303. The van der Waals surface area contributed by atoms with E-state index in [0.29, 0.717) is 48.1 Å². The lowest BCUT2D eigenvalue weighted by Gasteiger charge is -2.26. The van der Waals surface area contributed by atoms with E-state index in [4.69, 9.17) is 16.3 Å². The summed E-state index contributed by atoms with van der Waals surface area (Å²) in [5.41, 5.74) is 2.63. The lowest BCUT2D eigenvalue weighted by Crippen LogP contribution is -2.40. The Labute approximate surface area is 151 Å². The Morgan fingerprint density at radius 1 is 1.04 bits per heavy atom. The number of halogens is 1. The first-order chi connectivity index (χ1) is 12.0. The third-order valence-corrected chi connectivity index (χ3v) is 4.53. The molecule has 2 amide bonds. The van der Waals surface area contributed by atoms with Crippen LogP contribution in [0.25, 0.3) is 0 Å². The Balaban J connectivity index is 1.66. The van der Waals surface area contributed by atoms with Crippen molar-refractivity contribution < 1.29 is 14.3 Å². The molecule has 2 aromatic carbocycles. The smallest absolute Gasteiger partial charge is 0.255 e. The standard InChI is InChI=1S/C19H19ClN2O3/c1-13-2-3-15(12-17(13)20)18(23)21-16-6-4-14(5-7-16)19(24)22-8-10-25-11-9-22/h2-7,12H,8-11H2,1H3,(H,21,23). The van der Waals surface area contributed by atoms with Gasteiger partial charge in [-0.15, -0.1) is 0 Å². The van der Waals surface area contributed by atoms with Gasteiger partial charge >= 0.3 is 0 Å². The third-order valence-electron chi connectivity index (χ3n) is 4.12. The number of ether oxygens (including phenoxy) is 1. The fourth-order valence-electron chi connectivity index (χ4n) is 2.58. The monoisotopic (exact) mass is 358 g/mol. The van der Waals surface area contributed by atoms with Gasteiger partial charge in [0.25, 0.3) is 11.8 Å². The van der Waals surface area contributed by atoms with Gasteiger partial charge < -0.3 is 15.0 Å². The molecule has 1 fully saturated rings. The van der Waals surface area contributed by atoms with Gasteiger partial charge in [0.1, 0.15) is 0 Å². The van der Waals surface area contributed by atoms with E-state index in [0.717, 1.165) is 5.56 Å². The van der Waals surface area contributed by atoms with E-state index in [2.05, 4.69) is 5.32 Å². The topological polar surface area (TPSA) is 58.6 Å². The van der Waals surface area contributed by atoms with Gasteiger partial charge in [-0.3, -0.25) is 9.59 Å². The van der Waals surface area contributed by atoms with Crippen LogP contribution in [-0.4, -0.2) is 43.0 Å². The zero-order valence-corrected chi connectivity index (χ0v) is 14.7. The number of anilines is 1. The molecule has 0 spiro atoms. The maximum absolute atomic E-state index is 12.4. The number of amides is 2. The van der Waals surface area contributed by atoms with Crippen LogP contribution in [0.1, 0.15) is 26.3 Å². The molecule has 0 aromatic heterocycles. The summed E-state index contributed by atoms with van der Waals surface area (Å²) in [4.78, 5) is 26.4. The Kier molecular flexibility index (Phi) is 5.36. The second kappa shape index (κ2) is 7.68. The molecule has 1 aliphatic rings. The van der Waals surface area contributed by atoms with E-state index in [1.807, 2.05) is 6.92 Å². The molecule has 3 rings (SSSR count). The molecule has 2 aromatic rings. The normalized spacial score (nSPS) is 14.2. The average Bonchev–Trinajstić information content (AvgIpc) is 2.64. The van der Waals surface area contributed by atoms with Crippen LogP contribution in [-0.2, 0) is 4.74 Å². The first-order valence-corrected chi connectivity index (χ1v) is 8.47. The van der Waals surface area contributed by atoms with Gasteiger partial charge in [-0.05, 0) is 48.9 Å². The largest absolute Gasteiger partial charge is 0.378 e. The average molecular weight is 359 g/mol. The molecule has 0 saturated carbocycles. The molecular weight excluding hydrogens is 340 g/mol. The minimum atomic E-state index is -0.242. The van der Waals surface area contributed by atoms with Crippen LogP contribution in [0.15, 0.2) is 42.5 Å². The zero-order valence-electron chi connectivity index (χ0n) is 13.9. The van der Waals surface area contributed by atoms with Crippen molar-refractivity contribution in [2.45, 2.75) is 6.92 Å². The molecule has 1 aliphatic heterocycles. The minimum Gasteiger partial charge on any atom is -0.378 e. The van der Waals surface area contributed by atoms with Crippen LogP contribution >= 0.6 is 11.6 Å². The van der Waals surface area contributed by atoms with Gasteiger partial charge in [0.15, 0.2) is 0 Å². The van der Waals surface area contributed by atoms with Crippen molar-refractivity contribution >= 4 is 29.1 Å². The Morgan fingerprint density at radius 2 is 1.68 bits per heavy atom. The summed E-state index contributed by atoms with van der Waals surface area (Å²) in [6.07, 6.45) is 0. The summed E-state index contributed by atoms with van der Waals surface area (Å²) in [5, 5.41) is 3.36. The summed E-state index contributed by atoms with van der Waals surface area (Å²) < 4.78 is 5.26. The highest BCUT2D eigenvalue weighted by Gasteiger charge is 2.18. The van der Waals surface area contributed by atoms with Crippen LogP contribution in [0.5, 0.6) is 0 Å². The van der Waals surface area contributed by atoms with Crippen LogP contribution < -0.4 is 5.32 Å². The van der Waals surface area contributed by atoms with Crippen molar-refractivity contribution in [3.63, 3.8) is 0 Å². The summed E-state index contributed by atoms with van der Waals surface area (Å²) in [6.45, 7) is 4.23. The highest BCUT2D eigenvalue weighted by atomic mass is 35.5. The van der Waals surface area contributed by atoms with E-state index in [-0.39, 0.29) is 11.8 Å². The SMILES string of the molecule is Cc1ccc(C(=O)Nc2ccc(C(=O)N3CCOCC3)cc2)cc1Cl. The molecular formula is C19H19ClN2O3. The molecule has 0 atom stereocenters. The molecule has 0 bridgehead atoms. The number of hydrogen-bond donors (Lipinski definition) is 1. The molecule has 25 heavy (non-hydrogen) atoms. The van der Waals surface area contributed by atoms with Gasteiger partial charge in [-0.25, -0.2) is 0 Å². The molecule has 5 nitrogen and oxygen atoms in total. The molecule has 0 unspecified atom stereocenters. The number of hydrogen-bond acceptors (Lipinski definition) is 3. The second-order valence-electron chi connectivity index (χ2n) is 5.90. The summed E-state index contributed by atoms with van der Waals surface area (Å²) in [7, 11) is 0. The van der Waals surface area contributed by atoms with Gasteiger partial charge in [0, 0.05) is 34.9 Å². The fourth-order valence-corrected chi connectivity index (χ4v) is 2.76. The number of nitrogens with zero attached hydrogens (tertiary/aromatic N) is 1. The number of nitrogens with one attached hydrogen (secondary N) is 1. The highest BCUT2D eigenvalue weighted by molar-refractivity contribution is 6.31. The molecule has 6 heteroatoms.